The molecule has 0 saturated carbocycles. The van der Waals surface area contributed by atoms with Crippen molar-refractivity contribution in [2.45, 2.75) is 24.8 Å². The van der Waals surface area contributed by atoms with Crippen LogP contribution < -0.4 is 0 Å². The van der Waals surface area contributed by atoms with Gasteiger partial charge in [0, 0.05) is 23.6 Å². The lowest BCUT2D eigenvalue weighted by Gasteiger charge is -2.22. The van der Waals surface area contributed by atoms with E-state index in [4.69, 9.17) is 4.42 Å². The van der Waals surface area contributed by atoms with E-state index in [1.54, 1.807) is 30.4 Å². The van der Waals surface area contributed by atoms with Crippen LogP contribution in [0.5, 0.6) is 0 Å². The van der Waals surface area contributed by atoms with E-state index in [0.29, 0.717) is 17.7 Å². The highest BCUT2D eigenvalue weighted by molar-refractivity contribution is 7.89. The van der Waals surface area contributed by atoms with Gasteiger partial charge in [0.15, 0.2) is 0 Å². The van der Waals surface area contributed by atoms with Crippen LogP contribution in [0.4, 0.5) is 5.69 Å². The molecule has 0 saturated heterocycles. The lowest BCUT2D eigenvalue weighted by molar-refractivity contribution is -0.385. The van der Waals surface area contributed by atoms with Gasteiger partial charge in [-0.25, -0.2) is 8.42 Å². The predicted octanol–water partition coefficient (Wildman–Crippen LogP) is 3.99. The molecular weight excluding hydrogens is 388 g/mol. The highest BCUT2D eigenvalue weighted by Gasteiger charge is 2.28. The van der Waals surface area contributed by atoms with Crippen molar-refractivity contribution in [1.82, 2.24) is 4.31 Å². The first-order chi connectivity index (χ1) is 12.9. The van der Waals surface area contributed by atoms with Crippen LogP contribution in [-0.2, 0) is 23.0 Å². The number of hydrogen-bond acceptors (Lipinski definition) is 6. The number of nitro benzene ring substituents is 1. The molecule has 0 amide bonds. The Morgan fingerprint density at radius 1 is 1.22 bits per heavy atom. The minimum absolute atomic E-state index is 0.0584. The highest BCUT2D eigenvalue weighted by atomic mass is 32.2. The summed E-state index contributed by atoms with van der Waals surface area (Å²) in [4.78, 5) is 11.5. The second-order valence-electron chi connectivity index (χ2n) is 5.95. The van der Waals surface area contributed by atoms with Crippen molar-refractivity contribution in [2.24, 2.45) is 0 Å². The third kappa shape index (κ3) is 4.44. The number of furan rings is 1. The Morgan fingerprint density at radius 2 is 2.04 bits per heavy atom. The van der Waals surface area contributed by atoms with E-state index in [9.17, 15) is 18.5 Å². The average molecular weight is 406 g/mol. The number of aryl methyl sites for hydroxylation is 1. The van der Waals surface area contributed by atoms with E-state index in [1.165, 1.54) is 22.7 Å². The van der Waals surface area contributed by atoms with Crippen LogP contribution in [0.1, 0.15) is 16.2 Å². The smallest absolute Gasteiger partial charge is 0.270 e. The molecule has 0 fully saturated rings. The SMILES string of the molecule is Cc1ccc([N+](=O)[O-])cc1S(=O)(=O)N(CCc1cccs1)Cc1ccco1. The lowest BCUT2D eigenvalue weighted by Crippen LogP contribution is -2.33. The third-order valence-corrected chi connectivity index (χ3v) is 7.02. The molecule has 7 nitrogen and oxygen atoms in total. The Kier molecular flexibility index (Phi) is 5.73. The van der Waals surface area contributed by atoms with Gasteiger partial charge in [0.2, 0.25) is 10.0 Å². The summed E-state index contributed by atoms with van der Waals surface area (Å²) in [5, 5.41) is 13.0. The summed E-state index contributed by atoms with van der Waals surface area (Å²) in [6.07, 6.45) is 2.03. The number of rotatable bonds is 8. The van der Waals surface area contributed by atoms with Gasteiger partial charge >= 0.3 is 0 Å². The fourth-order valence-electron chi connectivity index (χ4n) is 2.67. The van der Waals surface area contributed by atoms with Crippen LogP contribution in [-0.4, -0.2) is 24.2 Å². The van der Waals surface area contributed by atoms with Crippen LogP contribution in [0, 0.1) is 17.0 Å². The number of nitrogens with zero attached hydrogens (tertiary/aromatic N) is 2. The second kappa shape index (κ2) is 8.03. The largest absolute Gasteiger partial charge is 0.468 e. The van der Waals surface area contributed by atoms with Gasteiger partial charge in [-0.05, 0) is 42.5 Å². The molecule has 0 aliphatic heterocycles. The van der Waals surface area contributed by atoms with E-state index in [1.807, 2.05) is 17.5 Å². The van der Waals surface area contributed by atoms with Crippen molar-refractivity contribution in [3.8, 4) is 0 Å². The van der Waals surface area contributed by atoms with Gasteiger partial charge in [0.1, 0.15) is 5.76 Å². The molecule has 3 rings (SSSR count). The zero-order chi connectivity index (χ0) is 19.4. The summed E-state index contributed by atoms with van der Waals surface area (Å²) in [6, 6.07) is 11.1. The normalized spacial score (nSPS) is 11.8. The molecule has 0 radical (unpaired) electrons. The van der Waals surface area contributed by atoms with Crippen molar-refractivity contribution in [3.63, 3.8) is 0 Å². The molecule has 0 aliphatic carbocycles. The molecule has 0 N–H and O–H groups in total. The average Bonchev–Trinajstić information content (AvgIpc) is 3.32. The van der Waals surface area contributed by atoms with E-state index >= 15 is 0 Å². The molecule has 0 spiro atoms. The number of nitro groups is 1. The Bertz CT molecular complexity index is 1010. The quantitative estimate of drug-likeness (QED) is 0.416. The van der Waals surface area contributed by atoms with Crippen molar-refractivity contribution >= 4 is 27.0 Å². The molecule has 142 valence electrons. The second-order valence-corrected chi connectivity index (χ2v) is 8.89. The van der Waals surface area contributed by atoms with Gasteiger partial charge in [0.25, 0.3) is 5.69 Å². The van der Waals surface area contributed by atoms with Crippen molar-refractivity contribution in [1.29, 1.82) is 0 Å². The van der Waals surface area contributed by atoms with Crippen molar-refractivity contribution in [2.75, 3.05) is 6.54 Å². The Morgan fingerprint density at radius 3 is 2.67 bits per heavy atom. The van der Waals surface area contributed by atoms with Crippen LogP contribution in [0.3, 0.4) is 0 Å². The molecule has 0 bridgehead atoms. The molecular formula is C18H18N2O5S2. The van der Waals surface area contributed by atoms with Gasteiger partial charge in [-0.3, -0.25) is 10.1 Å². The summed E-state index contributed by atoms with van der Waals surface area (Å²) in [5.41, 5.74) is 0.205. The number of sulfonamides is 1. The monoisotopic (exact) mass is 406 g/mol. The minimum atomic E-state index is -3.94. The van der Waals surface area contributed by atoms with Crippen molar-refractivity contribution in [3.05, 3.63) is 80.4 Å². The molecule has 1 aromatic carbocycles. The fraction of sp³-hybridized carbons (Fsp3) is 0.222. The number of hydrogen-bond donors (Lipinski definition) is 0. The first kappa shape index (κ1) is 19.3. The van der Waals surface area contributed by atoms with E-state index in [2.05, 4.69) is 0 Å². The first-order valence-electron chi connectivity index (χ1n) is 8.18. The molecule has 0 unspecified atom stereocenters. The zero-order valence-corrected chi connectivity index (χ0v) is 16.2. The van der Waals surface area contributed by atoms with E-state index in [-0.39, 0.29) is 23.7 Å². The van der Waals surface area contributed by atoms with Gasteiger partial charge in [-0.1, -0.05) is 12.1 Å². The van der Waals surface area contributed by atoms with Gasteiger partial charge in [-0.2, -0.15) is 4.31 Å². The molecule has 2 aromatic heterocycles. The van der Waals surface area contributed by atoms with Gasteiger partial charge < -0.3 is 4.42 Å². The van der Waals surface area contributed by atoms with Crippen molar-refractivity contribution < 1.29 is 17.8 Å². The molecule has 0 aliphatic rings. The Balaban J connectivity index is 1.96. The van der Waals surface area contributed by atoms with Gasteiger partial charge in [-0.15, -0.1) is 11.3 Å². The molecule has 0 atom stereocenters. The predicted molar refractivity (Wildman–Crippen MR) is 102 cm³/mol. The summed E-state index contributed by atoms with van der Waals surface area (Å²) in [6.45, 7) is 1.93. The first-order valence-corrected chi connectivity index (χ1v) is 10.5. The summed E-state index contributed by atoms with van der Waals surface area (Å²) in [7, 11) is -3.94. The maximum atomic E-state index is 13.3. The molecule has 27 heavy (non-hydrogen) atoms. The standard InChI is InChI=1S/C18H18N2O5S2/c1-14-6-7-15(20(21)22)12-18(14)27(23,24)19(13-16-4-2-10-25-16)9-8-17-5-3-11-26-17/h2-7,10-12H,8-9,13H2,1H3. The van der Waals surface area contributed by atoms with Crippen LogP contribution in [0.25, 0.3) is 0 Å². The summed E-state index contributed by atoms with van der Waals surface area (Å²) in [5.74, 6) is 0.507. The Hall–Kier alpha value is -2.49. The molecule has 9 heteroatoms. The molecule has 3 aromatic rings. The van der Waals surface area contributed by atoms with E-state index in [0.717, 1.165) is 10.9 Å². The lowest BCUT2D eigenvalue weighted by atomic mass is 10.2. The maximum Gasteiger partial charge on any atom is 0.270 e. The summed E-state index contributed by atoms with van der Waals surface area (Å²) >= 11 is 1.55. The van der Waals surface area contributed by atoms with Crippen LogP contribution in [0.2, 0.25) is 0 Å². The highest BCUT2D eigenvalue weighted by Crippen LogP contribution is 2.26. The third-order valence-electron chi connectivity index (χ3n) is 4.10. The van der Waals surface area contributed by atoms with Crippen LogP contribution >= 0.6 is 11.3 Å². The maximum absolute atomic E-state index is 13.3. The van der Waals surface area contributed by atoms with Crippen LogP contribution in [0.15, 0.2) is 63.4 Å². The van der Waals surface area contributed by atoms with E-state index < -0.39 is 14.9 Å². The molecule has 2 heterocycles. The minimum Gasteiger partial charge on any atom is -0.468 e. The fourth-order valence-corrected chi connectivity index (χ4v) is 5.02. The topological polar surface area (TPSA) is 93.7 Å². The number of non-ortho nitro benzene ring substituents is 1. The number of benzene rings is 1. The van der Waals surface area contributed by atoms with Gasteiger partial charge in [0.05, 0.1) is 22.6 Å². The summed E-state index contributed by atoms with van der Waals surface area (Å²) < 4.78 is 33.2. The zero-order valence-electron chi connectivity index (χ0n) is 14.6. The number of thiophene rings is 1. The Labute approximate surface area is 161 Å².